The molecule has 1 saturated carbocycles. The second-order valence-electron chi connectivity index (χ2n) is 8.13. The number of nitrogens with one attached hydrogen (secondary N) is 1. The number of nitrogens with zero attached hydrogens (tertiary/aromatic N) is 1. The zero-order valence-electron chi connectivity index (χ0n) is 17.2. The quantitative estimate of drug-likeness (QED) is 0.608. The summed E-state index contributed by atoms with van der Waals surface area (Å²) in [5.41, 5.74) is 7.90. The van der Waals surface area contributed by atoms with Crippen LogP contribution in [-0.2, 0) is 11.2 Å². The molecular weight excluding hydrogens is 374 g/mol. The first kappa shape index (κ1) is 20.4. The molecule has 2 aromatic carbocycles. The summed E-state index contributed by atoms with van der Waals surface area (Å²) in [6, 6.07) is 19.7. The van der Waals surface area contributed by atoms with E-state index in [4.69, 9.17) is 10.2 Å². The number of amides is 1. The molecule has 156 valence electrons. The molecule has 0 unspecified atom stereocenters. The SMILES string of the molecule is NCC1CCC(C(=O)N[C@@H](Cc2ccccc2)c2ncc(-c3ccccc3)o2)CC1. The van der Waals surface area contributed by atoms with Crippen LogP contribution >= 0.6 is 0 Å². The van der Waals surface area contributed by atoms with Crippen molar-refractivity contribution in [1.29, 1.82) is 0 Å². The van der Waals surface area contributed by atoms with E-state index in [2.05, 4.69) is 22.4 Å². The van der Waals surface area contributed by atoms with Crippen LogP contribution in [0.1, 0.15) is 43.2 Å². The summed E-state index contributed by atoms with van der Waals surface area (Å²) in [6.07, 6.45) is 6.21. The maximum atomic E-state index is 13.0. The largest absolute Gasteiger partial charge is 0.438 e. The van der Waals surface area contributed by atoms with Crippen LogP contribution in [0.3, 0.4) is 0 Å². The second-order valence-corrected chi connectivity index (χ2v) is 8.13. The molecule has 30 heavy (non-hydrogen) atoms. The van der Waals surface area contributed by atoms with Crippen LogP contribution in [0.25, 0.3) is 11.3 Å². The summed E-state index contributed by atoms with van der Waals surface area (Å²) >= 11 is 0. The second kappa shape index (κ2) is 9.72. The summed E-state index contributed by atoms with van der Waals surface area (Å²) in [5.74, 6) is 1.93. The van der Waals surface area contributed by atoms with Gasteiger partial charge in [-0.3, -0.25) is 4.79 Å². The molecule has 1 aliphatic carbocycles. The smallest absolute Gasteiger partial charge is 0.223 e. The van der Waals surface area contributed by atoms with Crippen LogP contribution in [0.2, 0.25) is 0 Å². The lowest BCUT2D eigenvalue weighted by molar-refractivity contribution is -0.127. The first-order chi connectivity index (χ1) is 14.7. The zero-order valence-corrected chi connectivity index (χ0v) is 17.2. The minimum Gasteiger partial charge on any atom is -0.438 e. The van der Waals surface area contributed by atoms with Gasteiger partial charge in [-0.1, -0.05) is 60.7 Å². The fraction of sp³-hybridized carbons (Fsp3) is 0.360. The molecular formula is C25H29N3O2. The Balaban J connectivity index is 1.51. The minimum absolute atomic E-state index is 0.0367. The number of nitrogens with two attached hydrogens (primary N) is 1. The lowest BCUT2D eigenvalue weighted by Crippen LogP contribution is -2.37. The molecule has 5 nitrogen and oxygen atoms in total. The molecule has 4 rings (SSSR count). The van der Waals surface area contributed by atoms with Crippen LogP contribution in [-0.4, -0.2) is 17.4 Å². The van der Waals surface area contributed by atoms with Gasteiger partial charge in [0.05, 0.1) is 6.20 Å². The van der Waals surface area contributed by atoms with Crippen molar-refractivity contribution in [2.24, 2.45) is 17.6 Å². The van der Waals surface area contributed by atoms with E-state index in [1.165, 1.54) is 0 Å². The summed E-state index contributed by atoms with van der Waals surface area (Å²) in [6.45, 7) is 0.712. The third kappa shape index (κ3) is 4.97. The summed E-state index contributed by atoms with van der Waals surface area (Å²) in [5, 5.41) is 3.22. The molecule has 1 atom stereocenters. The van der Waals surface area contributed by atoms with E-state index < -0.39 is 0 Å². The topological polar surface area (TPSA) is 81.2 Å². The molecule has 1 aliphatic rings. The van der Waals surface area contributed by atoms with Gasteiger partial charge in [0.1, 0.15) is 6.04 Å². The van der Waals surface area contributed by atoms with Gasteiger partial charge >= 0.3 is 0 Å². The van der Waals surface area contributed by atoms with Gasteiger partial charge in [0.15, 0.2) is 5.76 Å². The number of rotatable bonds is 7. The van der Waals surface area contributed by atoms with Gasteiger partial charge < -0.3 is 15.5 Å². The maximum Gasteiger partial charge on any atom is 0.223 e. The Morgan fingerprint density at radius 1 is 1.03 bits per heavy atom. The Kier molecular flexibility index (Phi) is 6.60. The lowest BCUT2D eigenvalue weighted by Gasteiger charge is -2.28. The highest BCUT2D eigenvalue weighted by Gasteiger charge is 2.29. The van der Waals surface area contributed by atoms with Gasteiger partial charge in [-0.2, -0.15) is 0 Å². The monoisotopic (exact) mass is 403 g/mol. The zero-order chi connectivity index (χ0) is 20.8. The van der Waals surface area contributed by atoms with Gasteiger partial charge in [0.25, 0.3) is 0 Å². The molecule has 0 saturated heterocycles. The van der Waals surface area contributed by atoms with Crippen molar-refractivity contribution in [1.82, 2.24) is 10.3 Å². The highest BCUT2D eigenvalue weighted by atomic mass is 16.4. The van der Waals surface area contributed by atoms with Crippen molar-refractivity contribution in [2.75, 3.05) is 6.54 Å². The predicted molar refractivity (Wildman–Crippen MR) is 117 cm³/mol. The summed E-state index contributed by atoms with van der Waals surface area (Å²) < 4.78 is 6.08. The fourth-order valence-corrected chi connectivity index (χ4v) is 4.18. The lowest BCUT2D eigenvalue weighted by atomic mass is 9.81. The third-order valence-electron chi connectivity index (χ3n) is 6.03. The van der Waals surface area contributed by atoms with Gasteiger partial charge in [-0.15, -0.1) is 0 Å². The summed E-state index contributed by atoms with van der Waals surface area (Å²) in [4.78, 5) is 17.5. The fourth-order valence-electron chi connectivity index (χ4n) is 4.18. The van der Waals surface area contributed by atoms with Gasteiger partial charge in [-0.05, 0) is 43.7 Å². The predicted octanol–water partition coefficient (Wildman–Crippen LogP) is 4.51. The molecule has 3 N–H and O–H groups in total. The van der Waals surface area contributed by atoms with Crippen molar-refractivity contribution < 1.29 is 9.21 Å². The normalized spacial score (nSPS) is 19.9. The average Bonchev–Trinajstić information content (AvgIpc) is 3.30. The highest BCUT2D eigenvalue weighted by molar-refractivity contribution is 5.79. The Hall–Kier alpha value is -2.92. The standard InChI is InChI=1S/C25H29N3O2/c26-16-19-11-13-21(14-12-19)24(29)28-22(15-18-7-3-1-4-8-18)25-27-17-23(30-25)20-9-5-2-6-10-20/h1-10,17,19,21-22H,11-16,26H2,(H,28,29)/t19?,21?,22-/m0/s1. The Labute approximate surface area is 177 Å². The molecule has 1 heterocycles. The number of hydrogen-bond donors (Lipinski definition) is 2. The van der Waals surface area contributed by atoms with Crippen LogP contribution in [0.5, 0.6) is 0 Å². The molecule has 0 bridgehead atoms. The van der Waals surface area contributed by atoms with Crippen LogP contribution in [0, 0.1) is 11.8 Å². The van der Waals surface area contributed by atoms with E-state index in [9.17, 15) is 4.79 Å². The molecule has 0 aliphatic heterocycles. The van der Waals surface area contributed by atoms with Crippen molar-refractivity contribution >= 4 is 5.91 Å². The van der Waals surface area contributed by atoms with E-state index in [1.807, 2.05) is 48.5 Å². The average molecular weight is 404 g/mol. The number of benzene rings is 2. The molecule has 1 aromatic heterocycles. The number of carbonyl (C=O) groups excluding carboxylic acids is 1. The van der Waals surface area contributed by atoms with Crippen LogP contribution in [0.15, 0.2) is 71.3 Å². The minimum atomic E-state index is -0.301. The van der Waals surface area contributed by atoms with Crippen molar-refractivity contribution in [2.45, 2.75) is 38.1 Å². The Bertz CT molecular complexity index is 931. The first-order valence-corrected chi connectivity index (χ1v) is 10.8. The van der Waals surface area contributed by atoms with Gasteiger partial charge in [0, 0.05) is 17.9 Å². The van der Waals surface area contributed by atoms with Crippen LogP contribution < -0.4 is 11.1 Å². The maximum absolute atomic E-state index is 13.0. The third-order valence-corrected chi connectivity index (χ3v) is 6.03. The molecule has 0 radical (unpaired) electrons. The van der Waals surface area contributed by atoms with E-state index in [0.29, 0.717) is 30.5 Å². The number of oxazole rings is 1. The van der Waals surface area contributed by atoms with E-state index >= 15 is 0 Å². The van der Waals surface area contributed by atoms with Crippen LogP contribution in [0.4, 0.5) is 0 Å². The molecule has 1 amide bonds. The molecule has 0 spiro atoms. The van der Waals surface area contributed by atoms with E-state index in [1.54, 1.807) is 6.20 Å². The Morgan fingerprint density at radius 2 is 1.70 bits per heavy atom. The van der Waals surface area contributed by atoms with Crippen molar-refractivity contribution in [3.05, 3.63) is 78.3 Å². The molecule has 5 heteroatoms. The highest BCUT2D eigenvalue weighted by Crippen LogP contribution is 2.30. The summed E-state index contributed by atoms with van der Waals surface area (Å²) in [7, 11) is 0. The number of hydrogen-bond acceptors (Lipinski definition) is 4. The Morgan fingerprint density at radius 3 is 2.37 bits per heavy atom. The van der Waals surface area contributed by atoms with E-state index in [0.717, 1.165) is 36.8 Å². The molecule has 1 fully saturated rings. The van der Waals surface area contributed by atoms with Gasteiger partial charge in [0.2, 0.25) is 11.8 Å². The first-order valence-electron chi connectivity index (χ1n) is 10.8. The molecule has 3 aromatic rings. The van der Waals surface area contributed by atoms with Crippen molar-refractivity contribution in [3.63, 3.8) is 0 Å². The number of carbonyl (C=O) groups is 1. The number of aromatic nitrogens is 1. The van der Waals surface area contributed by atoms with Gasteiger partial charge in [-0.25, -0.2) is 4.98 Å². The van der Waals surface area contributed by atoms with Crippen molar-refractivity contribution in [3.8, 4) is 11.3 Å². The van der Waals surface area contributed by atoms with E-state index in [-0.39, 0.29) is 17.9 Å².